The largest absolute Gasteiger partial charge is 0.461 e. The Morgan fingerprint density at radius 2 is 1.95 bits per heavy atom. The number of aryl methyl sites for hydroxylation is 1. The molecule has 1 aliphatic rings. The average Bonchev–Trinajstić information content (AvgIpc) is 2.75. The maximum absolute atomic E-state index is 12.0. The number of methoxy groups -OCH3 is 1. The fourth-order valence-electron chi connectivity index (χ4n) is 2.39. The Morgan fingerprint density at radius 3 is 2.50 bits per heavy atom. The molecular formula is C15H19N2O2S+. The van der Waals surface area contributed by atoms with Gasteiger partial charge in [0.1, 0.15) is 6.04 Å². The lowest BCUT2D eigenvalue weighted by Gasteiger charge is -2.35. The Bertz CT molecular complexity index is 580. The molecule has 1 aromatic carbocycles. The molecule has 1 unspecified atom stereocenters. The number of rotatable bonds is 3. The molecule has 0 saturated carbocycles. The van der Waals surface area contributed by atoms with Crippen LogP contribution < -0.4 is 5.32 Å². The van der Waals surface area contributed by atoms with Gasteiger partial charge in [0.25, 0.3) is 5.11 Å². The van der Waals surface area contributed by atoms with E-state index in [0.29, 0.717) is 10.8 Å². The number of carbonyl (C=O) groups is 1. The van der Waals surface area contributed by atoms with E-state index in [-0.39, 0.29) is 16.5 Å². The molecule has 0 spiro atoms. The van der Waals surface area contributed by atoms with Gasteiger partial charge in [-0.25, -0.2) is 9.28 Å². The van der Waals surface area contributed by atoms with Gasteiger partial charge in [0.2, 0.25) is 5.70 Å². The highest BCUT2D eigenvalue weighted by Crippen LogP contribution is 2.35. The SMILES string of the molecule is COC(=O)C1=CNC(=S)[N+]1(C)[C@H](C)c1ccc(C)cc1. The van der Waals surface area contributed by atoms with Crippen LogP contribution in [0.15, 0.2) is 36.2 Å². The van der Waals surface area contributed by atoms with Crippen molar-refractivity contribution in [1.82, 2.24) is 5.32 Å². The molecule has 0 radical (unpaired) electrons. The smallest absolute Gasteiger partial charge is 0.394 e. The summed E-state index contributed by atoms with van der Waals surface area (Å²) in [5, 5.41) is 3.57. The van der Waals surface area contributed by atoms with Crippen LogP contribution in [0.3, 0.4) is 0 Å². The van der Waals surface area contributed by atoms with Gasteiger partial charge in [0.15, 0.2) is 0 Å². The van der Waals surface area contributed by atoms with E-state index < -0.39 is 0 Å². The van der Waals surface area contributed by atoms with Gasteiger partial charge in [-0.15, -0.1) is 0 Å². The van der Waals surface area contributed by atoms with Gasteiger partial charge >= 0.3 is 5.97 Å². The first kappa shape index (κ1) is 14.7. The van der Waals surface area contributed by atoms with Crippen LogP contribution >= 0.6 is 12.2 Å². The fraction of sp³-hybridized carbons (Fsp3) is 0.333. The number of nitrogens with zero attached hydrogens (tertiary/aromatic N) is 1. The second kappa shape index (κ2) is 5.34. The van der Waals surface area contributed by atoms with Crippen molar-refractivity contribution in [2.24, 2.45) is 0 Å². The molecule has 0 fully saturated rings. The van der Waals surface area contributed by atoms with E-state index in [4.69, 9.17) is 17.0 Å². The molecule has 1 aliphatic heterocycles. The minimum Gasteiger partial charge on any atom is -0.461 e. The molecule has 5 heteroatoms. The van der Waals surface area contributed by atoms with E-state index in [9.17, 15) is 4.79 Å². The van der Waals surface area contributed by atoms with Crippen LogP contribution in [0.25, 0.3) is 0 Å². The number of likely N-dealkylation sites (N-methyl/N-ethyl adjacent to an activating group) is 1. The predicted octanol–water partition coefficient (Wildman–Crippen LogP) is 2.41. The van der Waals surface area contributed by atoms with Crippen LogP contribution in [0.1, 0.15) is 24.1 Å². The number of benzene rings is 1. The molecule has 20 heavy (non-hydrogen) atoms. The van der Waals surface area contributed by atoms with Crippen LogP contribution in [0, 0.1) is 6.92 Å². The molecule has 2 atom stereocenters. The molecule has 2 rings (SSSR count). The lowest BCUT2D eigenvalue weighted by atomic mass is 10.0. The zero-order valence-electron chi connectivity index (χ0n) is 12.1. The summed E-state index contributed by atoms with van der Waals surface area (Å²) in [6.45, 7) is 4.10. The number of quaternary nitrogens is 1. The van der Waals surface area contributed by atoms with Crippen molar-refractivity contribution in [3.8, 4) is 0 Å². The first-order valence-electron chi connectivity index (χ1n) is 6.44. The van der Waals surface area contributed by atoms with E-state index in [2.05, 4.69) is 36.5 Å². The van der Waals surface area contributed by atoms with E-state index in [1.807, 2.05) is 14.0 Å². The molecule has 0 aliphatic carbocycles. The van der Waals surface area contributed by atoms with Crippen molar-refractivity contribution in [3.63, 3.8) is 0 Å². The van der Waals surface area contributed by atoms with E-state index in [0.717, 1.165) is 5.56 Å². The highest BCUT2D eigenvalue weighted by Gasteiger charge is 2.47. The van der Waals surface area contributed by atoms with Crippen molar-refractivity contribution in [1.29, 1.82) is 0 Å². The fourth-order valence-corrected chi connectivity index (χ4v) is 2.70. The first-order chi connectivity index (χ1) is 9.41. The van der Waals surface area contributed by atoms with E-state index >= 15 is 0 Å². The number of hydrogen-bond acceptors (Lipinski definition) is 3. The summed E-state index contributed by atoms with van der Waals surface area (Å²) in [7, 11) is 3.31. The number of esters is 1. The molecule has 1 heterocycles. The Hall–Kier alpha value is -1.72. The summed E-state index contributed by atoms with van der Waals surface area (Å²) in [4.78, 5) is 12.0. The van der Waals surface area contributed by atoms with Crippen molar-refractivity contribution in [3.05, 3.63) is 47.3 Å². The highest BCUT2D eigenvalue weighted by atomic mass is 32.1. The molecule has 1 N–H and O–H groups in total. The zero-order valence-corrected chi connectivity index (χ0v) is 13.0. The van der Waals surface area contributed by atoms with Gasteiger partial charge < -0.3 is 10.1 Å². The molecule has 4 nitrogen and oxygen atoms in total. The van der Waals surface area contributed by atoms with Crippen molar-refractivity contribution in [2.45, 2.75) is 19.9 Å². The minimum absolute atomic E-state index is 0.0171. The normalized spacial score (nSPS) is 23.0. The Morgan fingerprint density at radius 1 is 1.35 bits per heavy atom. The number of ether oxygens (including phenoxy) is 1. The van der Waals surface area contributed by atoms with Crippen molar-refractivity contribution >= 4 is 23.3 Å². The molecule has 0 amide bonds. The molecule has 0 bridgehead atoms. The molecular weight excluding hydrogens is 272 g/mol. The van der Waals surface area contributed by atoms with Gasteiger partial charge in [0, 0.05) is 17.8 Å². The summed E-state index contributed by atoms with van der Waals surface area (Å²) >= 11 is 5.40. The number of thiocarbonyl (C=S) groups is 1. The monoisotopic (exact) mass is 291 g/mol. The second-order valence-electron chi connectivity index (χ2n) is 5.13. The van der Waals surface area contributed by atoms with Crippen molar-refractivity contribution in [2.75, 3.05) is 14.2 Å². The standard InChI is InChI=1S/C15H18N2O2S/c1-10-5-7-12(8-6-10)11(2)17(3)13(14(18)19-4)9-16-15(17)20/h5-9,11H,1-4H3/p+1/t11-,17?/m1/s1. The van der Waals surface area contributed by atoms with Crippen LogP contribution in [0.5, 0.6) is 0 Å². The van der Waals surface area contributed by atoms with Crippen molar-refractivity contribution < 1.29 is 14.0 Å². The van der Waals surface area contributed by atoms with Crippen LogP contribution in [0.4, 0.5) is 0 Å². The topological polar surface area (TPSA) is 38.3 Å². The highest BCUT2D eigenvalue weighted by molar-refractivity contribution is 7.80. The summed E-state index contributed by atoms with van der Waals surface area (Å²) in [6.07, 6.45) is 1.64. The molecule has 0 saturated heterocycles. The summed E-state index contributed by atoms with van der Waals surface area (Å²) < 4.78 is 5.09. The third kappa shape index (κ3) is 2.23. The second-order valence-corrected chi connectivity index (χ2v) is 5.52. The Balaban J connectivity index is 2.41. The van der Waals surface area contributed by atoms with Gasteiger partial charge in [-0.2, -0.15) is 0 Å². The maximum Gasteiger partial charge on any atom is 0.394 e. The third-order valence-corrected chi connectivity index (χ3v) is 4.48. The Labute approximate surface area is 124 Å². The summed E-state index contributed by atoms with van der Waals surface area (Å²) in [5.41, 5.74) is 2.85. The number of carbonyl (C=O) groups excluding carboxylic acids is 1. The van der Waals surface area contributed by atoms with Gasteiger partial charge in [-0.3, -0.25) is 0 Å². The van der Waals surface area contributed by atoms with Crippen LogP contribution in [0.2, 0.25) is 0 Å². The van der Waals surface area contributed by atoms with Crippen LogP contribution in [-0.2, 0) is 9.53 Å². The molecule has 0 aromatic heterocycles. The van der Waals surface area contributed by atoms with Crippen LogP contribution in [-0.4, -0.2) is 29.7 Å². The maximum atomic E-state index is 12.0. The average molecular weight is 291 g/mol. The van der Waals surface area contributed by atoms with Gasteiger partial charge in [-0.1, -0.05) is 29.8 Å². The third-order valence-electron chi connectivity index (χ3n) is 3.98. The quantitative estimate of drug-likeness (QED) is 0.527. The summed E-state index contributed by atoms with van der Waals surface area (Å²) in [6, 6.07) is 8.28. The first-order valence-corrected chi connectivity index (χ1v) is 6.85. The Kier molecular flexibility index (Phi) is 3.92. The van der Waals surface area contributed by atoms with Gasteiger partial charge in [-0.05, 0) is 13.8 Å². The lowest BCUT2D eigenvalue weighted by Crippen LogP contribution is -2.50. The number of nitrogens with one attached hydrogen (secondary N) is 1. The number of hydrogen-bond donors (Lipinski definition) is 1. The van der Waals surface area contributed by atoms with E-state index in [1.165, 1.54) is 12.7 Å². The predicted molar refractivity (Wildman–Crippen MR) is 81.6 cm³/mol. The minimum atomic E-state index is -0.362. The zero-order chi connectivity index (χ0) is 14.9. The lowest BCUT2D eigenvalue weighted by molar-refractivity contribution is -0.804. The molecule has 1 aromatic rings. The van der Waals surface area contributed by atoms with Gasteiger partial charge in [0.05, 0.1) is 20.4 Å². The molecule has 106 valence electrons. The van der Waals surface area contributed by atoms with E-state index in [1.54, 1.807) is 6.20 Å². The summed E-state index contributed by atoms with van der Waals surface area (Å²) in [5.74, 6) is -0.362.